The summed E-state index contributed by atoms with van der Waals surface area (Å²) >= 11 is 0. The smallest absolute Gasteiger partial charge is 0.410 e. The summed E-state index contributed by atoms with van der Waals surface area (Å²) < 4.78 is 5.18. The summed E-state index contributed by atoms with van der Waals surface area (Å²) in [7, 11) is 1.61. The number of likely N-dealkylation sites (tertiary alicyclic amines) is 1. The molecule has 1 heterocycles. The van der Waals surface area contributed by atoms with Crippen molar-refractivity contribution in [1.29, 1.82) is 0 Å². The molecule has 1 rings (SSSR count). The van der Waals surface area contributed by atoms with Crippen molar-refractivity contribution in [2.75, 3.05) is 20.1 Å². The number of likely N-dealkylation sites (N-methyl/N-ethyl adjacent to an activating group) is 1. The number of amides is 1. The average Bonchev–Trinajstić information content (AvgIpc) is 2.05. The van der Waals surface area contributed by atoms with E-state index in [0.717, 1.165) is 0 Å². The van der Waals surface area contributed by atoms with Gasteiger partial charge in [-0.2, -0.15) is 0 Å². The number of ether oxygens (including phenoxy) is 1. The first-order valence-electron chi connectivity index (χ1n) is 5.62. The van der Waals surface area contributed by atoms with Gasteiger partial charge in [0.05, 0.1) is 0 Å². The minimum Gasteiger partial charge on any atom is -0.480 e. The Morgan fingerprint density at radius 3 is 2.29 bits per heavy atom. The van der Waals surface area contributed by atoms with Crippen LogP contribution in [0.3, 0.4) is 0 Å². The van der Waals surface area contributed by atoms with Crippen molar-refractivity contribution < 1.29 is 19.4 Å². The number of carbonyl (C=O) groups excluding carboxylic acids is 1. The van der Waals surface area contributed by atoms with Gasteiger partial charge in [0.2, 0.25) is 0 Å². The van der Waals surface area contributed by atoms with Crippen LogP contribution in [0.4, 0.5) is 4.79 Å². The topological polar surface area (TPSA) is 78.9 Å². The molecule has 98 valence electrons. The monoisotopic (exact) mass is 244 g/mol. The van der Waals surface area contributed by atoms with Gasteiger partial charge in [-0.15, -0.1) is 0 Å². The molecule has 0 aromatic rings. The summed E-state index contributed by atoms with van der Waals surface area (Å²) in [5.41, 5.74) is -0.516. The number of carbonyl (C=O) groups is 2. The third-order valence-corrected chi connectivity index (χ3v) is 2.61. The number of hydrogen-bond donors (Lipinski definition) is 2. The molecule has 1 amide bonds. The summed E-state index contributed by atoms with van der Waals surface area (Å²) in [6.07, 6.45) is -0.381. The second-order valence-corrected chi connectivity index (χ2v) is 5.25. The van der Waals surface area contributed by atoms with Gasteiger partial charge in [0.25, 0.3) is 0 Å². The van der Waals surface area contributed by atoms with Crippen molar-refractivity contribution in [3.63, 3.8) is 0 Å². The van der Waals surface area contributed by atoms with E-state index in [2.05, 4.69) is 5.32 Å². The van der Waals surface area contributed by atoms with E-state index in [0.29, 0.717) is 13.1 Å². The van der Waals surface area contributed by atoms with Crippen LogP contribution < -0.4 is 5.32 Å². The van der Waals surface area contributed by atoms with Gasteiger partial charge < -0.3 is 20.1 Å². The molecule has 1 saturated heterocycles. The Labute approximate surface area is 101 Å². The fourth-order valence-corrected chi connectivity index (χ4v) is 1.76. The Hall–Kier alpha value is -1.30. The third-order valence-electron chi connectivity index (χ3n) is 2.61. The van der Waals surface area contributed by atoms with Crippen molar-refractivity contribution in [3.05, 3.63) is 0 Å². The van der Waals surface area contributed by atoms with Gasteiger partial charge in [0, 0.05) is 19.0 Å². The summed E-state index contributed by atoms with van der Waals surface area (Å²) in [6, 6.07) is -0.603. The van der Waals surface area contributed by atoms with E-state index >= 15 is 0 Å². The van der Waals surface area contributed by atoms with Gasteiger partial charge in [-0.05, 0) is 27.8 Å². The molecule has 0 radical (unpaired) electrons. The van der Waals surface area contributed by atoms with E-state index in [1.807, 2.05) is 0 Å². The first-order chi connectivity index (χ1) is 7.74. The highest BCUT2D eigenvalue weighted by atomic mass is 16.6. The highest BCUT2D eigenvalue weighted by molar-refractivity contribution is 5.75. The quantitative estimate of drug-likeness (QED) is 0.757. The van der Waals surface area contributed by atoms with E-state index in [1.54, 1.807) is 27.8 Å². The molecule has 0 aromatic heterocycles. The first kappa shape index (κ1) is 13.8. The molecule has 2 N–H and O–H groups in total. The number of nitrogens with zero attached hydrogens (tertiary/aromatic N) is 1. The number of rotatable bonds is 3. The van der Waals surface area contributed by atoms with Crippen LogP contribution in [-0.4, -0.2) is 53.8 Å². The summed E-state index contributed by atoms with van der Waals surface area (Å²) in [5.74, 6) is -0.939. The van der Waals surface area contributed by atoms with Crippen molar-refractivity contribution in [1.82, 2.24) is 10.2 Å². The maximum Gasteiger partial charge on any atom is 0.410 e. The molecule has 0 aliphatic carbocycles. The second-order valence-electron chi connectivity index (χ2n) is 5.25. The van der Waals surface area contributed by atoms with Crippen molar-refractivity contribution in [3.8, 4) is 0 Å². The van der Waals surface area contributed by atoms with Gasteiger partial charge in [-0.3, -0.25) is 4.79 Å². The van der Waals surface area contributed by atoms with Crippen LogP contribution in [0.15, 0.2) is 0 Å². The first-order valence-corrected chi connectivity index (χ1v) is 5.62. The largest absolute Gasteiger partial charge is 0.480 e. The number of hydrogen-bond acceptors (Lipinski definition) is 4. The Balaban J connectivity index is 2.41. The Morgan fingerprint density at radius 1 is 1.41 bits per heavy atom. The van der Waals surface area contributed by atoms with Crippen LogP contribution in [0, 0.1) is 5.92 Å². The molecule has 6 nitrogen and oxygen atoms in total. The van der Waals surface area contributed by atoms with Crippen LogP contribution in [0.25, 0.3) is 0 Å². The second kappa shape index (κ2) is 4.91. The lowest BCUT2D eigenvalue weighted by atomic mass is 9.92. The fourth-order valence-electron chi connectivity index (χ4n) is 1.76. The normalized spacial score (nSPS) is 18.5. The number of nitrogens with one attached hydrogen (secondary N) is 1. The number of aliphatic carboxylic acids is 1. The Bertz CT molecular complexity index is 305. The molecule has 1 atom stereocenters. The van der Waals surface area contributed by atoms with Gasteiger partial charge in [-0.1, -0.05) is 0 Å². The fraction of sp³-hybridized carbons (Fsp3) is 0.818. The lowest BCUT2D eigenvalue weighted by molar-refractivity contribution is -0.142. The molecule has 0 spiro atoms. The maximum atomic E-state index is 11.6. The minimum atomic E-state index is -0.888. The van der Waals surface area contributed by atoms with Gasteiger partial charge >= 0.3 is 12.1 Å². The van der Waals surface area contributed by atoms with Crippen LogP contribution in [0.2, 0.25) is 0 Å². The van der Waals surface area contributed by atoms with Crippen LogP contribution in [0.1, 0.15) is 20.8 Å². The summed E-state index contributed by atoms with van der Waals surface area (Å²) in [4.78, 5) is 24.0. The number of carboxylic acid groups (broad SMARTS) is 1. The van der Waals surface area contributed by atoms with Gasteiger partial charge in [0.15, 0.2) is 0 Å². The maximum absolute atomic E-state index is 11.6. The summed E-state index contributed by atoms with van der Waals surface area (Å²) in [6.45, 7) is 6.25. The third kappa shape index (κ3) is 3.59. The Kier molecular flexibility index (Phi) is 3.98. The van der Waals surface area contributed by atoms with E-state index < -0.39 is 17.6 Å². The average molecular weight is 244 g/mol. The molecular weight excluding hydrogens is 224 g/mol. The SMILES string of the molecule is CNC(C(=O)O)C1CN(C(=O)OC(C)(C)C)C1. The zero-order valence-electron chi connectivity index (χ0n) is 10.7. The molecule has 0 saturated carbocycles. The molecule has 17 heavy (non-hydrogen) atoms. The standard InChI is InChI=1S/C11H20N2O4/c1-11(2,3)17-10(16)13-5-7(6-13)8(12-4)9(14)15/h7-8,12H,5-6H2,1-4H3,(H,14,15). The van der Waals surface area contributed by atoms with Gasteiger partial charge in [-0.25, -0.2) is 4.79 Å². The molecule has 0 aromatic carbocycles. The lowest BCUT2D eigenvalue weighted by Crippen LogP contribution is -2.59. The minimum absolute atomic E-state index is 0.0509. The van der Waals surface area contributed by atoms with E-state index in [4.69, 9.17) is 9.84 Å². The molecule has 6 heteroatoms. The predicted molar refractivity (Wildman–Crippen MR) is 61.8 cm³/mol. The van der Waals surface area contributed by atoms with E-state index in [9.17, 15) is 9.59 Å². The lowest BCUT2D eigenvalue weighted by Gasteiger charge is -2.42. The molecule has 1 fully saturated rings. The summed E-state index contributed by atoms with van der Waals surface area (Å²) in [5, 5.41) is 11.7. The Morgan fingerprint density at radius 2 is 1.94 bits per heavy atom. The molecular formula is C11H20N2O4. The van der Waals surface area contributed by atoms with Crippen LogP contribution in [0.5, 0.6) is 0 Å². The van der Waals surface area contributed by atoms with Crippen LogP contribution in [-0.2, 0) is 9.53 Å². The van der Waals surface area contributed by atoms with Crippen molar-refractivity contribution in [2.45, 2.75) is 32.4 Å². The molecule has 1 aliphatic heterocycles. The van der Waals surface area contributed by atoms with Gasteiger partial charge in [0.1, 0.15) is 11.6 Å². The van der Waals surface area contributed by atoms with Crippen molar-refractivity contribution >= 4 is 12.1 Å². The highest BCUT2D eigenvalue weighted by Gasteiger charge is 2.40. The predicted octanol–water partition coefficient (Wildman–Crippen LogP) is 0.526. The van der Waals surface area contributed by atoms with Crippen LogP contribution >= 0.6 is 0 Å². The number of carboxylic acids is 1. The highest BCUT2D eigenvalue weighted by Crippen LogP contribution is 2.22. The zero-order valence-corrected chi connectivity index (χ0v) is 10.7. The molecule has 0 bridgehead atoms. The molecule has 1 aliphatic rings. The molecule has 1 unspecified atom stereocenters. The van der Waals surface area contributed by atoms with Crippen molar-refractivity contribution in [2.24, 2.45) is 5.92 Å². The zero-order chi connectivity index (χ0) is 13.2. The van der Waals surface area contributed by atoms with E-state index in [1.165, 1.54) is 4.90 Å². The van der Waals surface area contributed by atoms with E-state index in [-0.39, 0.29) is 12.0 Å².